The summed E-state index contributed by atoms with van der Waals surface area (Å²) >= 11 is 5.82. The summed E-state index contributed by atoms with van der Waals surface area (Å²) in [6, 6.07) is 7.48. The second-order valence-corrected chi connectivity index (χ2v) is 6.57. The third kappa shape index (κ3) is 8.06. The molecule has 0 radical (unpaired) electrons. The number of guanidine groups is 1. The van der Waals surface area contributed by atoms with Crippen LogP contribution in [0, 0.1) is 0 Å². The number of methoxy groups -OCH3 is 3. The maximum Gasteiger partial charge on any atom is 0.191 e. The SMILES string of the molecule is CCNC(=NCCc1c(OC)cc(OC)cc1OC)NCCc1ccc(Cl)nc1.I. The summed E-state index contributed by atoms with van der Waals surface area (Å²) in [7, 11) is 4.89. The molecule has 0 saturated heterocycles. The molecule has 0 unspecified atom stereocenters. The van der Waals surface area contributed by atoms with Crippen LogP contribution in [0.15, 0.2) is 35.5 Å². The van der Waals surface area contributed by atoms with Gasteiger partial charge in [0.05, 0.1) is 21.3 Å². The second kappa shape index (κ2) is 14.1. The van der Waals surface area contributed by atoms with Crippen molar-refractivity contribution in [3.63, 3.8) is 0 Å². The maximum atomic E-state index is 5.82. The number of ether oxygens (including phenoxy) is 3. The number of hydrogen-bond donors (Lipinski definition) is 2. The third-order valence-corrected chi connectivity index (χ3v) is 4.51. The fourth-order valence-corrected chi connectivity index (χ4v) is 2.94. The number of nitrogens with zero attached hydrogens (tertiary/aromatic N) is 2. The number of aliphatic imine (C=N–C) groups is 1. The molecule has 0 bridgehead atoms. The Morgan fingerprint density at radius 1 is 1.03 bits per heavy atom. The molecule has 0 aliphatic rings. The normalized spacial score (nSPS) is 10.8. The molecule has 30 heavy (non-hydrogen) atoms. The van der Waals surface area contributed by atoms with Crippen LogP contribution in [-0.2, 0) is 12.8 Å². The molecular formula is C21H30ClIN4O3. The van der Waals surface area contributed by atoms with Gasteiger partial charge in [-0.3, -0.25) is 4.99 Å². The highest BCUT2D eigenvalue weighted by atomic mass is 127. The van der Waals surface area contributed by atoms with Crippen LogP contribution in [0.3, 0.4) is 0 Å². The monoisotopic (exact) mass is 548 g/mol. The zero-order chi connectivity index (χ0) is 21.1. The Morgan fingerprint density at radius 2 is 1.73 bits per heavy atom. The molecule has 0 fully saturated rings. The van der Waals surface area contributed by atoms with Crippen LogP contribution in [0.5, 0.6) is 17.2 Å². The molecule has 9 heteroatoms. The lowest BCUT2D eigenvalue weighted by Gasteiger charge is -2.15. The van der Waals surface area contributed by atoms with Crippen molar-refractivity contribution in [2.24, 2.45) is 4.99 Å². The summed E-state index contributed by atoms with van der Waals surface area (Å²) in [6.45, 7) is 4.14. The number of rotatable bonds is 10. The molecule has 2 rings (SSSR count). The highest BCUT2D eigenvalue weighted by molar-refractivity contribution is 14.0. The van der Waals surface area contributed by atoms with E-state index in [0.29, 0.717) is 23.9 Å². The summed E-state index contributed by atoms with van der Waals surface area (Å²) in [4.78, 5) is 8.76. The minimum Gasteiger partial charge on any atom is -0.496 e. The Labute approximate surface area is 200 Å². The van der Waals surface area contributed by atoms with E-state index in [4.69, 9.17) is 25.8 Å². The Hall–Kier alpha value is -1.94. The van der Waals surface area contributed by atoms with Gasteiger partial charge in [0.25, 0.3) is 0 Å². The van der Waals surface area contributed by atoms with Crippen LogP contribution < -0.4 is 24.8 Å². The molecule has 1 aromatic carbocycles. The van der Waals surface area contributed by atoms with Gasteiger partial charge in [0.15, 0.2) is 5.96 Å². The van der Waals surface area contributed by atoms with Crippen molar-refractivity contribution in [3.05, 3.63) is 46.7 Å². The van der Waals surface area contributed by atoms with Gasteiger partial charge in [0.2, 0.25) is 0 Å². The first-order valence-electron chi connectivity index (χ1n) is 9.52. The van der Waals surface area contributed by atoms with Crippen LogP contribution in [-0.4, -0.2) is 51.9 Å². The summed E-state index contributed by atoms with van der Waals surface area (Å²) < 4.78 is 16.3. The van der Waals surface area contributed by atoms with E-state index in [1.165, 1.54) is 0 Å². The smallest absolute Gasteiger partial charge is 0.191 e. The predicted octanol–water partition coefficient (Wildman–Crippen LogP) is 3.72. The third-order valence-electron chi connectivity index (χ3n) is 4.29. The predicted molar refractivity (Wildman–Crippen MR) is 132 cm³/mol. The zero-order valence-corrected chi connectivity index (χ0v) is 20.9. The largest absolute Gasteiger partial charge is 0.496 e. The summed E-state index contributed by atoms with van der Waals surface area (Å²) in [5.74, 6) is 2.91. The number of halogens is 2. The van der Waals surface area contributed by atoms with Gasteiger partial charge in [-0.15, -0.1) is 24.0 Å². The van der Waals surface area contributed by atoms with Crippen molar-refractivity contribution in [1.82, 2.24) is 15.6 Å². The molecule has 0 aliphatic heterocycles. The first-order valence-corrected chi connectivity index (χ1v) is 9.90. The van der Waals surface area contributed by atoms with E-state index in [9.17, 15) is 0 Å². The molecule has 1 heterocycles. The Kier molecular flexibility index (Phi) is 12.3. The second-order valence-electron chi connectivity index (χ2n) is 6.19. The minimum atomic E-state index is 0. The molecule has 0 spiro atoms. The molecule has 0 amide bonds. The van der Waals surface area contributed by atoms with E-state index in [-0.39, 0.29) is 24.0 Å². The van der Waals surface area contributed by atoms with E-state index < -0.39 is 0 Å². The Bertz CT molecular complexity index is 778. The van der Waals surface area contributed by atoms with Gasteiger partial charge >= 0.3 is 0 Å². The number of pyridine rings is 1. The van der Waals surface area contributed by atoms with Gasteiger partial charge in [0, 0.05) is 43.5 Å². The van der Waals surface area contributed by atoms with Crippen LogP contribution in [0.2, 0.25) is 5.15 Å². The van der Waals surface area contributed by atoms with E-state index in [1.54, 1.807) is 33.6 Å². The lowest BCUT2D eigenvalue weighted by Crippen LogP contribution is -2.38. The van der Waals surface area contributed by atoms with Crippen LogP contribution in [0.4, 0.5) is 0 Å². The van der Waals surface area contributed by atoms with Crippen LogP contribution in [0.1, 0.15) is 18.1 Å². The Balaban J connectivity index is 0.00000450. The number of nitrogens with one attached hydrogen (secondary N) is 2. The number of benzene rings is 1. The van der Waals surface area contributed by atoms with Crippen LogP contribution >= 0.6 is 35.6 Å². The molecule has 2 aromatic rings. The van der Waals surface area contributed by atoms with E-state index in [0.717, 1.165) is 48.1 Å². The Morgan fingerprint density at radius 3 is 2.27 bits per heavy atom. The summed E-state index contributed by atoms with van der Waals surface area (Å²) in [5, 5.41) is 7.10. The van der Waals surface area contributed by atoms with Gasteiger partial charge in [-0.05, 0) is 31.4 Å². The average molecular weight is 549 g/mol. The first kappa shape index (κ1) is 26.1. The quantitative estimate of drug-likeness (QED) is 0.204. The van der Waals surface area contributed by atoms with Crippen LogP contribution in [0.25, 0.3) is 0 Å². The molecule has 166 valence electrons. The maximum absolute atomic E-state index is 5.82. The molecular weight excluding hydrogens is 519 g/mol. The highest BCUT2D eigenvalue weighted by Crippen LogP contribution is 2.34. The van der Waals surface area contributed by atoms with Crippen molar-refractivity contribution in [1.29, 1.82) is 0 Å². The van der Waals surface area contributed by atoms with E-state index >= 15 is 0 Å². The molecule has 0 aliphatic carbocycles. The molecule has 0 saturated carbocycles. The van der Waals surface area contributed by atoms with E-state index in [2.05, 4.69) is 20.6 Å². The van der Waals surface area contributed by atoms with Gasteiger partial charge in [-0.1, -0.05) is 17.7 Å². The van der Waals surface area contributed by atoms with Crippen molar-refractivity contribution >= 4 is 41.5 Å². The average Bonchev–Trinajstić information content (AvgIpc) is 2.74. The zero-order valence-electron chi connectivity index (χ0n) is 17.8. The first-order chi connectivity index (χ1) is 14.1. The van der Waals surface area contributed by atoms with Crippen molar-refractivity contribution in [3.8, 4) is 17.2 Å². The highest BCUT2D eigenvalue weighted by Gasteiger charge is 2.13. The topological polar surface area (TPSA) is 77.0 Å². The van der Waals surface area contributed by atoms with Gasteiger partial charge in [-0.25, -0.2) is 4.98 Å². The van der Waals surface area contributed by atoms with Gasteiger partial charge < -0.3 is 24.8 Å². The summed E-state index contributed by atoms with van der Waals surface area (Å²) in [6.07, 6.45) is 3.29. The molecule has 0 atom stereocenters. The summed E-state index contributed by atoms with van der Waals surface area (Å²) in [5.41, 5.74) is 2.08. The van der Waals surface area contributed by atoms with Crippen molar-refractivity contribution in [2.75, 3.05) is 41.0 Å². The van der Waals surface area contributed by atoms with E-state index in [1.807, 2.05) is 25.1 Å². The van der Waals surface area contributed by atoms with Gasteiger partial charge in [-0.2, -0.15) is 0 Å². The number of hydrogen-bond acceptors (Lipinski definition) is 5. The standard InChI is InChI=1S/C21H29ClN4O3.HI/c1-5-23-21(24-10-8-15-6-7-20(22)26-14-15)25-11-9-17-18(28-3)12-16(27-2)13-19(17)29-4;/h6-7,12-14H,5,8-11H2,1-4H3,(H2,23,24,25);1H. The fraction of sp³-hybridized carbons (Fsp3) is 0.429. The minimum absolute atomic E-state index is 0. The van der Waals surface area contributed by atoms with Crippen molar-refractivity contribution < 1.29 is 14.2 Å². The van der Waals surface area contributed by atoms with Gasteiger partial charge in [0.1, 0.15) is 22.4 Å². The molecule has 2 N–H and O–H groups in total. The molecule has 1 aromatic heterocycles. The lowest BCUT2D eigenvalue weighted by molar-refractivity contribution is 0.369. The lowest BCUT2D eigenvalue weighted by atomic mass is 10.1. The molecule has 7 nitrogen and oxygen atoms in total. The van der Waals surface area contributed by atoms with Crippen molar-refractivity contribution in [2.45, 2.75) is 19.8 Å². The fourth-order valence-electron chi connectivity index (χ4n) is 2.83. The number of aromatic nitrogens is 1.